The molecule has 1 aliphatic carbocycles. The van der Waals surface area contributed by atoms with Crippen LogP contribution in [0.1, 0.15) is 106 Å². The third-order valence-electron chi connectivity index (χ3n) is 13.0. The highest BCUT2D eigenvalue weighted by Crippen LogP contribution is 2.39. The molecule has 8 rings (SSSR count). The molecule has 1 fully saturated rings. The van der Waals surface area contributed by atoms with Crippen LogP contribution in [0.3, 0.4) is 0 Å². The topological polar surface area (TPSA) is 151 Å². The molecular formula is C53H53ClF4N6O4S. The number of thiophene rings is 1. The first-order chi connectivity index (χ1) is 32.5. The van der Waals surface area contributed by atoms with Gasteiger partial charge in [-0.05, 0) is 148 Å². The fraction of sp³-hybridized carbons (Fsp3) is 0.283. The maximum absolute atomic E-state index is 15.4. The number of fused-ring (bicyclic) bond motifs is 1. The Morgan fingerprint density at radius 3 is 1.74 bits per heavy atom. The Bertz CT molecular complexity index is 2860. The predicted octanol–water partition coefficient (Wildman–Crippen LogP) is 9.98. The highest BCUT2D eigenvalue weighted by Gasteiger charge is 2.35. The largest absolute Gasteiger partial charge is 0.368 e. The summed E-state index contributed by atoms with van der Waals surface area (Å²) in [4.78, 5) is 55.9. The number of piperazine rings is 1. The van der Waals surface area contributed by atoms with Gasteiger partial charge in [0.25, 0.3) is 11.8 Å². The summed E-state index contributed by atoms with van der Waals surface area (Å²) in [5.41, 5.74) is 15.1. The van der Waals surface area contributed by atoms with Gasteiger partial charge in [0.15, 0.2) is 0 Å². The van der Waals surface area contributed by atoms with Crippen molar-refractivity contribution in [2.45, 2.75) is 77.3 Å². The van der Waals surface area contributed by atoms with E-state index in [0.29, 0.717) is 72.8 Å². The minimum Gasteiger partial charge on any atom is -0.368 e. The summed E-state index contributed by atoms with van der Waals surface area (Å²) in [6.45, 7) is 6.23. The molecule has 1 aliphatic heterocycles. The number of rotatable bonds is 15. The zero-order chi connectivity index (χ0) is 48.3. The van der Waals surface area contributed by atoms with Crippen LogP contribution in [0.5, 0.6) is 0 Å². The van der Waals surface area contributed by atoms with Crippen LogP contribution >= 0.6 is 23.7 Å². The first-order valence-electron chi connectivity index (χ1n) is 22.6. The van der Waals surface area contributed by atoms with Crippen LogP contribution in [-0.4, -0.2) is 53.7 Å². The van der Waals surface area contributed by atoms with Gasteiger partial charge in [-0.2, -0.15) is 0 Å². The molecule has 1 saturated heterocycles. The molecule has 10 nitrogen and oxygen atoms in total. The molecule has 69 heavy (non-hydrogen) atoms. The van der Waals surface area contributed by atoms with Crippen LogP contribution in [0, 0.1) is 23.3 Å². The standard InChI is InChI=1S/C53H52F4N6O4S.ClH/c1-53(2)30-62(38-27-44(56)40(45(57)28-38)21-15-32-12-18-35(19-13-32)49(59)65)22-23-63(53)29-33-6-5-7-36(24-33)50(66)61-52-47(41-8-3-4-9-46(41)68-52)51(67)60-37-25-42(54)39(43(55)26-37)20-14-31-10-16-34(17-11-31)48(58)64;/h5-7,10-13,16-19,24-28H,3-4,8-9,14-15,20-23,29-30H2,1-2H3,(H2,58,64)(H2,59,65)(H,60,67)(H,61,66);1H. The van der Waals surface area contributed by atoms with E-state index in [9.17, 15) is 19.2 Å². The van der Waals surface area contributed by atoms with E-state index in [1.54, 1.807) is 60.7 Å². The maximum atomic E-state index is 15.4. The van der Waals surface area contributed by atoms with Crippen molar-refractivity contribution in [1.82, 2.24) is 4.90 Å². The average Bonchev–Trinajstić information content (AvgIpc) is 3.67. The zero-order valence-electron chi connectivity index (χ0n) is 38.2. The van der Waals surface area contributed by atoms with Crippen LogP contribution in [0.25, 0.3) is 0 Å². The van der Waals surface area contributed by atoms with Gasteiger partial charge in [0, 0.05) is 75.8 Å². The van der Waals surface area contributed by atoms with Crippen LogP contribution in [0.2, 0.25) is 0 Å². The summed E-state index contributed by atoms with van der Waals surface area (Å²) in [6, 6.07) is 25.3. The molecule has 0 saturated carbocycles. The van der Waals surface area contributed by atoms with Crippen molar-refractivity contribution in [1.29, 1.82) is 0 Å². The van der Waals surface area contributed by atoms with Crippen molar-refractivity contribution >= 4 is 63.7 Å². The van der Waals surface area contributed by atoms with Crippen molar-refractivity contribution in [2.24, 2.45) is 11.5 Å². The van der Waals surface area contributed by atoms with E-state index in [4.69, 9.17) is 11.5 Å². The Kier molecular flexibility index (Phi) is 15.6. The van der Waals surface area contributed by atoms with Crippen molar-refractivity contribution in [2.75, 3.05) is 35.2 Å². The van der Waals surface area contributed by atoms with E-state index in [1.165, 1.54) is 23.5 Å². The second-order valence-corrected chi connectivity index (χ2v) is 19.2. The van der Waals surface area contributed by atoms with Crippen molar-refractivity contribution in [3.8, 4) is 0 Å². The summed E-state index contributed by atoms with van der Waals surface area (Å²) in [7, 11) is 0. The Hall–Kier alpha value is -6.55. The third-order valence-corrected chi connectivity index (χ3v) is 14.2. The molecule has 5 aromatic carbocycles. The lowest BCUT2D eigenvalue weighted by Crippen LogP contribution is -2.59. The molecule has 2 heterocycles. The second-order valence-electron chi connectivity index (χ2n) is 18.1. The van der Waals surface area contributed by atoms with Crippen LogP contribution < -0.4 is 27.0 Å². The fourth-order valence-corrected chi connectivity index (χ4v) is 10.4. The summed E-state index contributed by atoms with van der Waals surface area (Å²) in [6.07, 6.45) is 4.05. The normalized spacial score (nSPS) is 14.4. The number of hydrogen-bond acceptors (Lipinski definition) is 7. The predicted molar refractivity (Wildman–Crippen MR) is 265 cm³/mol. The summed E-state index contributed by atoms with van der Waals surface area (Å²) >= 11 is 1.34. The van der Waals surface area contributed by atoms with E-state index >= 15 is 17.6 Å². The monoisotopic (exact) mass is 980 g/mol. The van der Waals surface area contributed by atoms with E-state index in [2.05, 4.69) is 29.4 Å². The number of primary amides is 2. The van der Waals surface area contributed by atoms with Gasteiger partial charge in [-0.15, -0.1) is 23.7 Å². The smallest absolute Gasteiger partial charge is 0.258 e. The Balaban J connectivity index is 0.00000703. The number of anilines is 3. The lowest BCUT2D eigenvalue weighted by Gasteiger charge is -2.48. The van der Waals surface area contributed by atoms with Crippen molar-refractivity contribution in [3.63, 3.8) is 0 Å². The molecular weight excluding hydrogens is 928 g/mol. The summed E-state index contributed by atoms with van der Waals surface area (Å²) < 4.78 is 61.7. The van der Waals surface area contributed by atoms with Crippen LogP contribution in [0.15, 0.2) is 97.1 Å². The molecule has 6 N–H and O–H groups in total. The van der Waals surface area contributed by atoms with Gasteiger partial charge in [-0.1, -0.05) is 36.4 Å². The summed E-state index contributed by atoms with van der Waals surface area (Å²) in [5.74, 6) is -4.95. The van der Waals surface area contributed by atoms with Crippen LogP contribution in [0.4, 0.5) is 33.9 Å². The van der Waals surface area contributed by atoms with Gasteiger partial charge in [0.1, 0.15) is 28.3 Å². The first kappa shape index (κ1) is 50.3. The van der Waals surface area contributed by atoms with E-state index in [1.807, 2.05) is 17.0 Å². The molecule has 6 aromatic rings. The maximum Gasteiger partial charge on any atom is 0.258 e. The first-order valence-corrected chi connectivity index (χ1v) is 23.4. The van der Waals surface area contributed by atoms with E-state index < -0.39 is 52.4 Å². The van der Waals surface area contributed by atoms with Gasteiger partial charge in [-0.25, -0.2) is 17.6 Å². The number of benzene rings is 5. The molecule has 0 atom stereocenters. The minimum atomic E-state index is -0.809. The number of hydrogen-bond donors (Lipinski definition) is 4. The molecule has 0 spiro atoms. The number of carbonyl (C=O) groups is 4. The highest BCUT2D eigenvalue weighted by atomic mass is 35.5. The number of carbonyl (C=O) groups excluding carboxylic acids is 4. The van der Waals surface area contributed by atoms with Gasteiger partial charge in [-0.3, -0.25) is 24.1 Å². The van der Waals surface area contributed by atoms with E-state index in [0.717, 1.165) is 58.5 Å². The van der Waals surface area contributed by atoms with Gasteiger partial charge in [0.05, 0.1) is 5.56 Å². The Labute approximate surface area is 408 Å². The van der Waals surface area contributed by atoms with Crippen LogP contribution in [-0.2, 0) is 45.1 Å². The fourth-order valence-electron chi connectivity index (χ4n) is 9.13. The number of aryl methyl sites for hydroxylation is 3. The lowest BCUT2D eigenvalue weighted by molar-refractivity contribution is 0.0960. The lowest BCUT2D eigenvalue weighted by atomic mass is 9.95. The quantitative estimate of drug-likeness (QED) is 0.0753. The molecule has 1 aromatic heterocycles. The van der Waals surface area contributed by atoms with Crippen molar-refractivity contribution < 1.29 is 36.7 Å². The molecule has 2 aliphatic rings. The van der Waals surface area contributed by atoms with Crippen molar-refractivity contribution in [3.05, 3.63) is 181 Å². The minimum absolute atomic E-state index is 0. The number of nitrogens with two attached hydrogens (primary N) is 2. The zero-order valence-corrected chi connectivity index (χ0v) is 39.9. The van der Waals surface area contributed by atoms with Gasteiger partial charge >= 0.3 is 0 Å². The number of amides is 4. The molecule has 360 valence electrons. The molecule has 0 unspecified atom stereocenters. The number of nitrogens with zero attached hydrogens (tertiary/aromatic N) is 2. The third kappa shape index (κ3) is 11.7. The Morgan fingerprint density at radius 2 is 1.19 bits per heavy atom. The van der Waals surface area contributed by atoms with Gasteiger partial charge < -0.3 is 27.0 Å². The number of halogens is 5. The molecule has 4 amide bonds. The highest BCUT2D eigenvalue weighted by molar-refractivity contribution is 7.17. The summed E-state index contributed by atoms with van der Waals surface area (Å²) in [5, 5.41) is 6.02. The molecule has 0 radical (unpaired) electrons. The SMILES string of the molecule is CC1(C)CN(c2cc(F)c(CCc3ccc(C(N)=O)cc3)c(F)c2)CCN1Cc1cccc(C(=O)Nc2sc3c(c2C(=O)Nc2cc(F)c(CCc4ccc(C(N)=O)cc4)c(F)c2)CCCC3)c1.Cl. The van der Waals surface area contributed by atoms with E-state index in [-0.39, 0.29) is 47.6 Å². The van der Waals surface area contributed by atoms with Gasteiger partial charge in [0.2, 0.25) is 11.8 Å². The number of nitrogens with one attached hydrogen (secondary N) is 2. The average molecular weight is 982 g/mol. The Morgan fingerprint density at radius 1 is 0.638 bits per heavy atom. The molecule has 16 heteroatoms. The molecule has 0 bridgehead atoms. The second kappa shape index (κ2) is 21.4.